The van der Waals surface area contributed by atoms with Gasteiger partial charge in [0.25, 0.3) is 0 Å². The Morgan fingerprint density at radius 3 is 2.56 bits per heavy atom. The highest BCUT2D eigenvalue weighted by Gasteiger charge is 2.22. The summed E-state index contributed by atoms with van der Waals surface area (Å²) < 4.78 is 12.7. The molecule has 4 heteroatoms. The van der Waals surface area contributed by atoms with Crippen molar-refractivity contribution in [3.8, 4) is 0 Å². The third kappa shape index (κ3) is 3.17. The Bertz CT molecular complexity index is 311. The normalized spacial score (nSPS) is 22.2. The maximum atomic E-state index is 12.7. The lowest BCUT2D eigenvalue weighted by molar-refractivity contribution is 0.0921. The van der Waals surface area contributed by atoms with E-state index in [1.54, 1.807) is 12.1 Å². The number of aliphatic hydroxyl groups excluding tert-OH is 1. The van der Waals surface area contributed by atoms with E-state index < -0.39 is 6.10 Å². The molecule has 1 aromatic carbocycles. The van der Waals surface area contributed by atoms with Gasteiger partial charge in [0.1, 0.15) is 5.82 Å². The highest BCUT2D eigenvalue weighted by molar-refractivity contribution is 5.85. The van der Waals surface area contributed by atoms with E-state index in [1.807, 2.05) is 0 Å². The first-order valence-electron chi connectivity index (χ1n) is 5.41. The average molecular weight is 246 g/mol. The number of hydrogen-bond acceptors (Lipinski definition) is 2. The van der Waals surface area contributed by atoms with Gasteiger partial charge < -0.3 is 10.4 Å². The Hall–Kier alpha value is -0.640. The Kier molecular flexibility index (Phi) is 5.19. The molecule has 0 amide bonds. The Morgan fingerprint density at radius 2 is 2.00 bits per heavy atom. The molecule has 1 heterocycles. The molecule has 0 bridgehead atoms. The second-order valence-corrected chi connectivity index (χ2v) is 4.10. The lowest BCUT2D eigenvalue weighted by Gasteiger charge is -2.27. The molecule has 16 heavy (non-hydrogen) atoms. The summed E-state index contributed by atoms with van der Waals surface area (Å²) in [6.07, 6.45) is 1.66. The molecule has 1 aliphatic heterocycles. The first-order valence-corrected chi connectivity index (χ1v) is 5.41. The van der Waals surface area contributed by atoms with E-state index in [0.717, 1.165) is 31.5 Å². The molecule has 1 aliphatic rings. The van der Waals surface area contributed by atoms with Gasteiger partial charge in [0.2, 0.25) is 0 Å². The molecule has 2 nitrogen and oxygen atoms in total. The van der Waals surface area contributed by atoms with E-state index in [-0.39, 0.29) is 24.1 Å². The second-order valence-electron chi connectivity index (χ2n) is 4.10. The molecule has 0 aliphatic carbocycles. The van der Waals surface area contributed by atoms with E-state index in [1.165, 1.54) is 12.1 Å². The van der Waals surface area contributed by atoms with Crippen LogP contribution in [-0.2, 0) is 0 Å². The topological polar surface area (TPSA) is 32.3 Å². The van der Waals surface area contributed by atoms with Crippen molar-refractivity contribution in [2.45, 2.75) is 18.9 Å². The largest absolute Gasteiger partial charge is 0.388 e. The number of halogens is 2. The molecule has 0 spiro atoms. The quantitative estimate of drug-likeness (QED) is 0.838. The summed E-state index contributed by atoms with van der Waals surface area (Å²) in [5, 5.41) is 13.3. The Balaban J connectivity index is 0.00000128. The van der Waals surface area contributed by atoms with Crippen LogP contribution < -0.4 is 5.32 Å². The minimum absolute atomic E-state index is 0. The first kappa shape index (κ1) is 13.4. The lowest BCUT2D eigenvalue weighted by atomic mass is 9.89. The minimum atomic E-state index is -0.474. The van der Waals surface area contributed by atoms with E-state index in [4.69, 9.17) is 0 Å². The zero-order valence-corrected chi connectivity index (χ0v) is 9.84. The molecule has 1 saturated heterocycles. The number of nitrogens with one attached hydrogen (secondary N) is 1. The van der Waals surface area contributed by atoms with Crippen molar-refractivity contribution in [3.05, 3.63) is 35.6 Å². The maximum Gasteiger partial charge on any atom is 0.123 e. The molecular formula is C12H17ClFNO. The summed E-state index contributed by atoms with van der Waals surface area (Å²) in [5.74, 6) is -0.00284. The van der Waals surface area contributed by atoms with Crippen LogP contribution in [0.3, 0.4) is 0 Å². The summed E-state index contributed by atoms with van der Waals surface area (Å²) in [6.45, 7) is 1.88. The van der Waals surface area contributed by atoms with E-state index in [2.05, 4.69) is 5.32 Å². The van der Waals surface area contributed by atoms with Crippen LogP contribution in [0.25, 0.3) is 0 Å². The predicted molar refractivity (Wildman–Crippen MR) is 64.2 cm³/mol. The molecule has 0 radical (unpaired) electrons. The number of benzene rings is 1. The van der Waals surface area contributed by atoms with Crippen LogP contribution in [0.4, 0.5) is 4.39 Å². The van der Waals surface area contributed by atoms with Gasteiger partial charge in [-0.3, -0.25) is 0 Å². The van der Waals surface area contributed by atoms with Crippen molar-refractivity contribution in [2.24, 2.45) is 5.92 Å². The standard InChI is InChI=1S/C12H16FNO.ClH/c13-11-5-3-9(4-6-11)12(15)10-2-1-7-14-8-10;/h3-6,10,12,14-15H,1-2,7-8H2;1H. The highest BCUT2D eigenvalue weighted by atomic mass is 35.5. The van der Waals surface area contributed by atoms with Crippen LogP contribution in [-0.4, -0.2) is 18.2 Å². The smallest absolute Gasteiger partial charge is 0.123 e. The molecule has 1 fully saturated rings. The number of rotatable bonds is 2. The molecule has 2 N–H and O–H groups in total. The fourth-order valence-electron chi connectivity index (χ4n) is 2.08. The maximum absolute atomic E-state index is 12.7. The molecule has 2 rings (SSSR count). The molecule has 0 aromatic heterocycles. The van der Waals surface area contributed by atoms with Gasteiger partial charge in [-0.05, 0) is 37.1 Å². The molecule has 1 aromatic rings. The summed E-state index contributed by atoms with van der Waals surface area (Å²) in [7, 11) is 0. The lowest BCUT2D eigenvalue weighted by Crippen LogP contribution is -2.33. The van der Waals surface area contributed by atoms with Crippen LogP contribution >= 0.6 is 12.4 Å². The Labute approximate surface area is 101 Å². The Morgan fingerprint density at radius 1 is 1.31 bits per heavy atom. The summed E-state index contributed by atoms with van der Waals surface area (Å²) in [5.41, 5.74) is 0.810. The van der Waals surface area contributed by atoms with Crippen molar-refractivity contribution in [2.75, 3.05) is 13.1 Å². The van der Waals surface area contributed by atoms with Crippen LogP contribution in [0.1, 0.15) is 24.5 Å². The average Bonchev–Trinajstić information content (AvgIpc) is 2.30. The fourth-order valence-corrected chi connectivity index (χ4v) is 2.08. The number of aliphatic hydroxyl groups is 1. The minimum Gasteiger partial charge on any atom is -0.388 e. The van der Waals surface area contributed by atoms with E-state index in [0.29, 0.717) is 0 Å². The molecular weight excluding hydrogens is 229 g/mol. The van der Waals surface area contributed by atoms with Crippen LogP contribution in [0.15, 0.2) is 24.3 Å². The van der Waals surface area contributed by atoms with Gasteiger partial charge in [0.05, 0.1) is 6.10 Å². The van der Waals surface area contributed by atoms with E-state index >= 15 is 0 Å². The zero-order valence-electron chi connectivity index (χ0n) is 9.03. The summed E-state index contributed by atoms with van der Waals surface area (Å²) in [4.78, 5) is 0. The monoisotopic (exact) mass is 245 g/mol. The van der Waals surface area contributed by atoms with Crippen molar-refractivity contribution >= 4 is 12.4 Å². The molecule has 90 valence electrons. The SMILES string of the molecule is Cl.OC(c1ccc(F)cc1)C1CCCNC1. The fraction of sp³-hybridized carbons (Fsp3) is 0.500. The highest BCUT2D eigenvalue weighted by Crippen LogP contribution is 2.26. The predicted octanol–water partition coefficient (Wildman–Crippen LogP) is 2.28. The number of hydrogen-bond donors (Lipinski definition) is 2. The van der Waals surface area contributed by atoms with Gasteiger partial charge in [-0.2, -0.15) is 0 Å². The summed E-state index contributed by atoms with van der Waals surface area (Å²) in [6, 6.07) is 6.12. The van der Waals surface area contributed by atoms with Gasteiger partial charge in [-0.25, -0.2) is 4.39 Å². The van der Waals surface area contributed by atoms with Crippen LogP contribution in [0.2, 0.25) is 0 Å². The van der Waals surface area contributed by atoms with Gasteiger partial charge in [0, 0.05) is 12.5 Å². The van der Waals surface area contributed by atoms with Crippen LogP contribution in [0.5, 0.6) is 0 Å². The van der Waals surface area contributed by atoms with Gasteiger partial charge in [0.15, 0.2) is 0 Å². The van der Waals surface area contributed by atoms with E-state index in [9.17, 15) is 9.50 Å². The molecule has 0 saturated carbocycles. The zero-order chi connectivity index (χ0) is 10.7. The third-order valence-electron chi connectivity index (χ3n) is 2.99. The van der Waals surface area contributed by atoms with Gasteiger partial charge in [-0.1, -0.05) is 12.1 Å². The van der Waals surface area contributed by atoms with Crippen molar-refractivity contribution in [1.82, 2.24) is 5.32 Å². The van der Waals surface area contributed by atoms with Crippen molar-refractivity contribution in [3.63, 3.8) is 0 Å². The second kappa shape index (κ2) is 6.18. The van der Waals surface area contributed by atoms with Crippen LogP contribution in [0, 0.1) is 11.7 Å². The first-order chi connectivity index (χ1) is 7.27. The number of piperidine rings is 1. The molecule has 2 atom stereocenters. The van der Waals surface area contributed by atoms with Crippen molar-refractivity contribution in [1.29, 1.82) is 0 Å². The van der Waals surface area contributed by atoms with Gasteiger partial charge in [-0.15, -0.1) is 12.4 Å². The third-order valence-corrected chi connectivity index (χ3v) is 2.99. The van der Waals surface area contributed by atoms with Gasteiger partial charge >= 0.3 is 0 Å². The summed E-state index contributed by atoms with van der Waals surface area (Å²) >= 11 is 0. The molecule has 2 unspecified atom stereocenters. The van der Waals surface area contributed by atoms with Crippen molar-refractivity contribution < 1.29 is 9.50 Å².